The highest BCUT2D eigenvalue weighted by Gasteiger charge is 2.15. The summed E-state index contributed by atoms with van der Waals surface area (Å²) in [5.74, 6) is 0.873. The zero-order chi connectivity index (χ0) is 18.9. The lowest BCUT2D eigenvalue weighted by molar-refractivity contribution is 0.0424. The number of aromatic amines is 1. The predicted molar refractivity (Wildman–Crippen MR) is 126 cm³/mol. The number of aromatic nitrogens is 1. The van der Waals surface area contributed by atoms with E-state index < -0.39 is 0 Å². The molecular formula is C21H33IN4O2. The van der Waals surface area contributed by atoms with Crippen molar-refractivity contribution in [3.63, 3.8) is 0 Å². The van der Waals surface area contributed by atoms with E-state index in [4.69, 9.17) is 9.47 Å². The highest BCUT2D eigenvalue weighted by Crippen LogP contribution is 2.19. The molecule has 3 rings (SSSR count). The van der Waals surface area contributed by atoms with Crippen LogP contribution < -0.4 is 10.6 Å². The van der Waals surface area contributed by atoms with Crippen LogP contribution >= 0.6 is 24.0 Å². The molecule has 2 aromatic rings. The first-order valence-corrected chi connectivity index (χ1v) is 10.0. The molecule has 3 N–H and O–H groups in total. The molecule has 0 spiro atoms. The fourth-order valence-electron chi connectivity index (χ4n) is 3.31. The molecule has 0 saturated carbocycles. The van der Waals surface area contributed by atoms with Gasteiger partial charge in [-0.3, -0.25) is 4.99 Å². The van der Waals surface area contributed by atoms with E-state index in [-0.39, 0.29) is 30.1 Å². The molecule has 156 valence electrons. The van der Waals surface area contributed by atoms with E-state index in [1.54, 1.807) is 0 Å². The van der Waals surface area contributed by atoms with Crippen LogP contribution in [-0.4, -0.2) is 56.5 Å². The van der Waals surface area contributed by atoms with Gasteiger partial charge in [-0.05, 0) is 50.3 Å². The third-order valence-electron chi connectivity index (χ3n) is 4.77. The Morgan fingerprint density at radius 2 is 2.25 bits per heavy atom. The zero-order valence-corrected chi connectivity index (χ0v) is 19.3. The number of ether oxygens (including phenoxy) is 2. The molecule has 0 amide bonds. The first-order chi connectivity index (χ1) is 13.3. The number of benzene rings is 1. The number of nitrogens with zero attached hydrogens (tertiary/aromatic N) is 1. The van der Waals surface area contributed by atoms with Gasteiger partial charge in [0.2, 0.25) is 0 Å². The minimum absolute atomic E-state index is 0. The second kappa shape index (κ2) is 12.3. The summed E-state index contributed by atoms with van der Waals surface area (Å²) in [4.78, 5) is 8.01. The van der Waals surface area contributed by atoms with Crippen molar-refractivity contribution in [1.82, 2.24) is 15.6 Å². The number of aliphatic imine (C=N–C) groups is 1. The highest BCUT2D eigenvalue weighted by atomic mass is 127. The van der Waals surface area contributed by atoms with Crippen LogP contribution in [0.3, 0.4) is 0 Å². The third kappa shape index (κ3) is 6.93. The van der Waals surface area contributed by atoms with Crippen molar-refractivity contribution in [3.05, 3.63) is 35.5 Å². The Balaban J connectivity index is 0.00000280. The summed E-state index contributed by atoms with van der Waals surface area (Å²) in [5.41, 5.74) is 3.82. The topological polar surface area (TPSA) is 70.7 Å². The lowest BCUT2D eigenvalue weighted by atomic mass is 10.1. The number of aryl methyl sites for hydroxylation is 1. The van der Waals surface area contributed by atoms with Crippen LogP contribution in [0.4, 0.5) is 0 Å². The van der Waals surface area contributed by atoms with Crippen LogP contribution in [0.5, 0.6) is 0 Å². The van der Waals surface area contributed by atoms with Gasteiger partial charge in [-0.1, -0.05) is 12.1 Å². The lowest BCUT2D eigenvalue weighted by Gasteiger charge is -2.12. The molecule has 1 aromatic heterocycles. The summed E-state index contributed by atoms with van der Waals surface area (Å²) in [5, 5.41) is 8.04. The van der Waals surface area contributed by atoms with E-state index in [0.29, 0.717) is 0 Å². The zero-order valence-electron chi connectivity index (χ0n) is 16.9. The van der Waals surface area contributed by atoms with Crippen molar-refractivity contribution in [2.45, 2.75) is 39.2 Å². The molecule has 1 fully saturated rings. The van der Waals surface area contributed by atoms with Crippen LogP contribution in [-0.2, 0) is 15.9 Å². The van der Waals surface area contributed by atoms with E-state index in [0.717, 1.165) is 64.7 Å². The fourth-order valence-corrected chi connectivity index (χ4v) is 3.31. The molecule has 0 bridgehead atoms. The van der Waals surface area contributed by atoms with Crippen LogP contribution in [0, 0.1) is 6.92 Å². The number of H-pyrrole nitrogens is 1. The fraction of sp³-hybridized carbons (Fsp3) is 0.571. The number of fused-ring (bicyclic) bond motifs is 1. The minimum atomic E-state index is 0. The molecule has 0 aliphatic carbocycles. The smallest absolute Gasteiger partial charge is 0.191 e. The maximum Gasteiger partial charge on any atom is 0.191 e. The molecule has 1 aromatic carbocycles. The number of hydrogen-bond acceptors (Lipinski definition) is 3. The summed E-state index contributed by atoms with van der Waals surface area (Å²) >= 11 is 0. The molecule has 6 nitrogen and oxygen atoms in total. The van der Waals surface area contributed by atoms with Gasteiger partial charge in [0.05, 0.1) is 12.7 Å². The van der Waals surface area contributed by atoms with E-state index in [2.05, 4.69) is 58.9 Å². The van der Waals surface area contributed by atoms with Gasteiger partial charge < -0.3 is 25.1 Å². The Labute approximate surface area is 184 Å². The maximum atomic E-state index is 5.79. The summed E-state index contributed by atoms with van der Waals surface area (Å²) in [6.45, 7) is 8.97. The van der Waals surface area contributed by atoms with E-state index >= 15 is 0 Å². The predicted octanol–water partition coefficient (Wildman–Crippen LogP) is 3.39. The van der Waals surface area contributed by atoms with Crippen molar-refractivity contribution >= 4 is 40.8 Å². The largest absolute Gasteiger partial charge is 0.379 e. The Hall–Kier alpha value is -1.32. The molecule has 1 aliphatic heterocycles. The average molecular weight is 500 g/mol. The van der Waals surface area contributed by atoms with Crippen molar-refractivity contribution in [1.29, 1.82) is 0 Å². The first kappa shape index (κ1) is 23.0. The van der Waals surface area contributed by atoms with Crippen molar-refractivity contribution in [3.8, 4) is 0 Å². The normalized spacial score (nSPS) is 16.9. The van der Waals surface area contributed by atoms with Crippen molar-refractivity contribution in [2.24, 2.45) is 4.99 Å². The van der Waals surface area contributed by atoms with Gasteiger partial charge in [0.25, 0.3) is 0 Å². The second-order valence-corrected chi connectivity index (χ2v) is 7.01. The van der Waals surface area contributed by atoms with Crippen molar-refractivity contribution < 1.29 is 9.47 Å². The summed E-state index contributed by atoms with van der Waals surface area (Å²) < 4.78 is 11.1. The molecule has 28 heavy (non-hydrogen) atoms. The summed E-state index contributed by atoms with van der Waals surface area (Å²) in [6, 6.07) is 6.56. The van der Waals surface area contributed by atoms with Gasteiger partial charge >= 0.3 is 0 Å². The minimum Gasteiger partial charge on any atom is -0.379 e. The standard InChI is InChI=1S/C21H32N4O2.HI/c1-3-22-21(23-9-4-11-27-18-8-12-26-15-18)24-10-7-17-14-25-20-13-16(2)5-6-19(17)20;/h5-6,13-14,18,25H,3-4,7-12,15H2,1-2H3,(H2,22,23,24);1H. The number of nitrogens with one attached hydrogen (secondary N) is 3. The summed E-state index contributed by atoms with van der Waals surface area (Å²) in [7, 11) is 0. The molecule has 2 heterocycles. The quantitative estimate of drug-likeness (QED) is 0.214. The molecule has 1 aliphatic rings. The maximum absolute atomic E-state index is 5.79. The van der Waals surface area contributed by atoms with Crippen LogP contribution in [0.2, 0.25) is 0 Å². The Morgan fingerprint density at radius 1 is 1.36 bits per heavy atom. The Bertz CT molecular complexity index is 741. The molecule has 7 heteroatoms. The van der Waals surface area contributed by atoms with Crippen LogP contribution in [0.15, 0.2) is 29.4 Å². The summed E-state index contributed by atoms with van der Waals surface area (Å²) in [6.07, 6.45) is 5.29. The number of guanidine groups is 1. The monoisotopic (exact) mass is 500 g/mol. The SMILES string of the molecule is CCNC(=NCCCOC1CCOC1)NCCc1c[nH]c2cc(C)ccc12.I. The van der Waals surface area contributed by atoms with Crippen LogP contribution in [0.1, 0.15) is 30.9 Å². The van der Waals surface area contributed by atoms with Gasteiger partial charge in [-0.15, -0.1) is 24.0 Å². The average Bonchev–Trinajstić information content (AvgIpc) is 3.31. The molecule has 1 unspecified atom stereocenters. The van der Waals surface area contributed by atoms with Gasteiger partial charge in [0.15, 0.2) is 5.96 Å². The molecule has 1 saturated heterocycles. The number of rotatable bonds is 9. The Morgan fingerprint density at radius 3 is 3.04 bits per heavy atom. The van der Waals surface area contributed by atoms with Gasteiger partial charge in [-0.2, -0.15) is 0 Å². The van der Waals surface area contributed by atoms with Gasteiger partial charge in [0.1, 0.15) is 0 Å². The van der Waals surface area contributed by atoms with Gasteiger partial charge in [-0.25, -0.2) is 0 Å². The number of hydrogen-bond donors (Lipinski definition) is 3. The van der Waals surface area contributed by atoms with E-state index in [1.807, 2.05) is 0 Å². The third-order valence-corrected chi connectivity index (χ3v) is 4.77. The highest BCUT2D eigenvalue weighted by molar-refractivity contribution is 14.0. The number of halogens is 1. The first-order valence-electron chi connectivity index (χ1n) is 10.0. The molecule has 1 atom stereocenters. The molecule has 0 radical (unpaired) electrons. The molecular weight excluding hydrogens is 467 g/mol. The Kier molecular flexibility index (Phi) is 10.1. The van der Waals surface area contributed by atoms with Crippen molar-refractivity contribution in [2.75, 3.05) is 39.5 Å². The lowest BCUT2D eigenvalue weighted by Crippen LogP contribution is -2.38. The van der Waals surface area contributed by atoms with E-state index in [9.17, 15) is 0 Å². The van der Waals surface area contributed by atoms with Crippen LogP contribution in [0.25, 0.3) is 10.9 Å². The van der Waals surface area contributed by atoms with Gasteiger partial charge in [0, 0.05) is 49.9 Å². The van der Waals surface area contributed by atoms with E-state index in [1.165, 1.54) is 22.0 Å². The second-order valence-electron chi connectivity index (χ2n) is 7.01.